The zero-order chi connectivity index (χ0) is 19.6. The summed E-state index contributed by atoms with van der Waals surface area (Å²) in [5.74, 6) is -0.993. The Morgan fingerprint density at radius 2 is 1.78 bits per heavy atom. The lowest BCUT2D eigenvalue weighted by Crippen LogP contribution is -2.41. The average Bonchev–Trinajstić information content (AvgIpc) is 2.63. The van der Waals surface area contributed by atoms with Crippen molar-refractivity contribution in [3.8, 4) is 5.69 Å². The first-order valence-corrected chi connectivity index (χ1v) is 8.37. The first-order valence-electron chi connectivity index (χ1n) is 7.99. The Kier molecular flexibility index (Phi) is 5.23. The molecule has 0 saturated carbocycles. The van der Waals surface area contributed by atoms with Crippen LogP contribution in [0.5, 0.6) is 0 Å². The highest BCUT2D eigenvalue weighted by atomic mass is 35.5. The second kappa shape index (κ2) is 7.59. The highest BCUT2D eigenvalue weighted by molar-refractivity contribution is 6.30. The fourth-order valence-electron chi connectivity index (χ4n) is 2.55. The summed E-state index contributed by atoms with van der Waals surface area (Å²) in [7, 11) is 0. The van der Waals surface area contributed by atoms with Crippen LogP contribution in [0.4, 0.5) is 10.1 Å². The molecule has 0 saturated heterocycles. The number of nitrogens with zero attached hydrogens (tertiary/aromatic N) is 2. The molecule has 0 bridgehead atoms. The minimum absolute atomic E-state index is 0.273. The van der Waals surface area contributed by atoms with Crippen LogP contribution in [-0.2, 0) is 11.3 Å². The van der Waals surface area contributed by atoms with Gasteiger partial charge in [0.25, 0.3) is 0 Å². The zero-order valence-electron chi connectivity index (χ0n) is 14.3. The van der Waals surface area contributed by atoms with Gasteiger partial charge in [0.05, 0.1) is 5.69 Å². The molecule has 8 heteroatoms. The normalized spacial score (nSPS) is 10.6. The monoisotopic (exact) mass is 387 g/mol. The van der Waals surface area contributed by atoms with E-state index >= 15 is 0 Å². The molecule has 0 aliphatic heterocycles. The summed E-state index contributed by atoms with van der Waals surface area (Å²) < 4.78 is 15.6. The number of benzene rings is 2. The van der Waals surface area contributed by atoms with E-state index in [0.717, 1.165) is 9.13 Å². The van der Waals surface area contributed by atoms with Gasteiger partial charge in [0.2, 0.25) is 5.91 Å². The molecule has 0 aliphatic carbocycles. The molecular weight excluding hydrogens is 373 g/mol. The number of hydrogen-bond donors (Lipinski definition) is 1. The van der Waals surface area contributed by atoms with E-state index in [1.54, 1.807) is 31.2 Å². The van der Waals surface area contributed by atoms with Crippen LogP contribution < -0.4 is 16.4 Å². The minimum Gasteiger partial charge on any atom is -0.325 e. The molecular formula is C19H15ClFN3O3. The number of aromatic nitrogens is 2. The fourth-order valence-corrected chi connectivity index (χ4v) is 2.68. The SMILES string of the molecule is Cc1ccc(F)cc1-n1ccn(CC(=O)Nc2ccc(Cl)cc2)c(=O)c1=O. The van der Waals surface area contributed by atoms with E-state index in [2.05, 4.69) is 5.32 Å². The molecule has 0 aliphatic rings. The number of carbonyl (C=O) groups excluding carboxylic acids is 1. The maximum Gasteiger partial charge on any atom is 0.320 e. The summed E-state index contributed by atoms with van der Waals surface area (Å²) in [5, 5.41) is 3.14. The van der Waals surface area contributed by atoms with Gasteiger partial charge in [0, 0.05) is 23.1 Å². The molecule has 1 amide bonds. The smallest absolute Gasteiger partial charge is 0.320 e. The van der Waals surface area contributed by atoms with Crippen LogP contribution in [0.1, 0.15) is 5.56 Å². The molecule has 3 aromatic rings. The largest absolute Gasteiger partial charge is 0.325 e. The lowest BCUT2D eigenvalue weighted by Gasteiger charge is -2.11. The van der Waals surface area contributed by atoms with Crippen LogP contribution in [0.2, 0.25) is 5.02 Å². The van der Waals surface area contributed by atoms with Crippen molar-refractivity contribution in [1.29, 1.82) is 0 Å². The van der Waals surface area contributed by atoms with Gasteiger partial charge in [0.15, 0.2) is 0 Å². The van der Waals surface area contributed by atoms with Gasteiger partial charge in [-0.15, -0.1) is 0 Å². The van der Waals surface area contributed by atoms with Crippen molar-refractivity contribution in [2.24, 2.45) is 0 Å². The third-order valence-corrected chi connectivity index (χ3v) is 4.18. The number of halogens is 2. The summed E-state index contributed by atoms with van der Waals surface area (Å²) in [6.45, 7) is 1.37. The highest BCUT2D eigenvalue weighted by Crippen LogP contribution is 2.14. The molecule has 1 N–H and O–H groups in total. The van der Waals surface area contributed by atoms with Gasteiger partial charge in [0.1, 0.15) is 12.4 Å². The number of aryl methyl sites for hydroxylation is 1. The highest BCUT2D eigenvalue weighted by Gasteiger charge is 2.12. The second-order valence-corrected chi connectivity index (χ2v) is 6.33. The van der Waals surface area contributed by atoms with Crippen LogP contribution in [0, 0.1) is 12.7 Å². The zero-order valence-corrected chi connectivity index (χ0v) is 15.0. The molecule has 2 aromatic carbocycles. The molecule has 0 unspecified atom stereocenters. The number of hydrogen-bond acceptors (Lipinski definition) is 3. The van der Waals surface area contributed by atoms with E-state index in [1.807, 2.05) is 0 Å². The first kappa shape index (κ1) is 18.6. The fraction of sp³-hybridized carbons (Fsp3) is 0.105. The third kappa shape index (κ3) is 4.15. The quantitative estimate of drug-likeness (QED) is 0.699. The van der Waals surface area contributed by atoms with Crippen molar-refractivity contribution in [1.82, 2.24) is 9.13 Å². The molecule has 1 aromatic heterocycles. The lowest BCUT2D eigenvalue weighted by molar-refractivity contribution is -0.116. The summed E-state index contributed by atoms with van der Waals surface area (Å²) in [6, 6.07) is 10.4. The molecule has 0 radical (unpaired) electrons. The number of anilines is 1. The van der Waals surface area contributed by atoms with E-state index in [9.17, 15) is 18.8 Å². The van der Waals surface area contributed by atoms with Gasteiger partial charge >= 0.3 is 11.1 Å². The maximum absolute atomic E-state index is 13.5. The van der Waals surface area contributed by atoms with Crippen molar-refractivity contribution >= 4 is 23.2 Å². The molecule has 6 nitrogen and oxygen atoms in total. The molecule has 3 rings (SSSR count). The second-order valence-electron chi connectivity index (χ2n) is 5.89. The first-order chi connectivity index (χ1) is 12.8. The van der Waals surface area contributed by atoms with Crippen LogP contribution in [0.3, 0.4) is 0 Å². The van der Waals surface area contributed by atoms with Crippen molar-refractivity contribution in [3.05, 3.63) is 92.0 Å². The number of rotatable bonds is 4. The average molecular weight is 388 g/mol. The Labute approximate surface area is 158 Å². The topological polar surface area (TPSA) is 73.1 Å². The molecule has 27 heavy (non-hydrogen) atoms. The van der Waals surface area contributed by atoms with E-state index in [4.69, 9.17) is 11.6 Å². The summed E-state index contributed by atoms with van der Waals surface area (Å²) in [6.07, 6.45) is 2.65. The van der Waals surface area contributed by atoms with Gasteiger partial charge < -0.3 is 5.32 Å². The van der Waals surface area contributed by atoms with Crippen molar-refractivity contribution in [3.63, 3.8) is 0 Å². The Bertz CT molecular complexity index is 1120. The molecule has 0 atom stereocenters. The Morgan fingerprint density at radius 3 is 2.48 bits per heavy atom. The molecule has 0 fully saturated rings. The van der Waals surface area contributed by atoms with Crippen LogP contribution in [-0.4, -0.2) is 15.0 Å². The summed E-state index contributed by atoms with van der Waals surface area (Å²) in [5.41, 5.74) is -0.329. The maximum atomic E-state index is 13.5. The van der Waals surface area contributed by atoms with Gasteiger partial charge in [-0.05, 0) is 48.9 Å². The summed E-state index contributed by atoms with van der Waals surface area (Å²) >= 11 is 5.78. The van der Waals surface area contributed by atoms with Gasteiger partial charge in [-0.1, -0.05) is 17.7 Å². The van der Waals surface area contributed by atoms with E-state index < -0.39 is 22.8 Å². The Morgan fingerprint density at radius 1 is 1.07 bits per heavy atom. The predicted molar refractivity (Wildman–Crippen MR) is 101 cm³/mol. The van der Waals surface area contributed by atoms with Gasteiger partial charge in [-0.25, -0.2) is 4.39 Å². The Balaban J connectivity index is 1.86. The number of nitrogens with one attached hydrogen (secondary N) is 1. The minimum atomic E-state index is -0.882. The third-order valence-electron chi connectivity index (χ3n) is 3.93. The van der Waals surface area contributed by atoms with Gasteiger partial charge in [-0.2, -0.15) is 0 Å². The molecule has 0 spiro atoms. The van der Waals surface area contributed by atoms with Crippen molar-refractivity contribution in [2.45, 2.75) is 13.5 Å². The van der Waals surface area contributed by atoms with Gasteiger partial charge in [-0.3, -0.25) is 23.5 Å². The predicted octanol–water partition coefficient (Wildman–Crippen LogP) is 2.74. The van der Waals surface area contributed by atoms with E-state index in [0.29, 0.717) is 16.3 Å². The Hall–Kier alpha value is -3.19. The lowest BCUT2D eigenvalue weighted by atomic mass is 10.2. The van der Waals surface area contributed by atoms with E-state index in [1.165, 1.54) is 30.6 Å². The molecule has 138 valence electrons. The van der Waals surface area contributed by atoms with Crippen LogP contribution in [0.15, 0.2) is 64.4 Å². The number of amides is 1. The standard InChI is InChI=1S/C19H15ClFN3O3/c1-12-2-5-14(21)10-16(12)24-9-8-23(18(26)19(24)27)11-17(25)22-15-6-3-13(20)4-7-15/h2-10H,11H2,1H3,(H,22,25). The number of carbonyl (C=O) groups is 1. The van der Waals surface area contributed by atoms with Crippen LogP contribution >= 0.6 is 11.6 Å². The van der Waals surface area contributed by atoms with Crippen molar-refractivity contribution < 1.29 is 9.18 Å². The van der Waals surface area contributed by atoms with Crippen LogP contribution in [0.25, 0.3) is 5.69 Å². The van der Waals surface area contributed by atoms with E-state index in [-0.39, 0.29) is 12.2 Å². The summed E-state index contributed by atoms with van der Waals surface area (Å²) in [4.78, 5) is 36.8. The van der Waals surface area contributed by atoms with Crippen molar-refractivity contribution in [2.75, 3.05) is 5.32 Å². The molecule has 1 heterocycles.